The smallest absolute Gasteiger partial charge is 0.219 e. The average molecular weight is 253 g/mol. The van der Waals surface area contributed by atoms with Gasteiger partial charge in [0.05, 0.1) is 0 Å². The molecule has 1 saturated heterocycles. The van der Waals surface area contributed by atoms with Gasteiger partial charge in [0.1, 0.15) is 0 Å². The predicted molar refractivity (Wildman–Crippen MR) is 80.3 cm³/mol. The third-order valence-electron chi connectivity index (χ3n) is 2.52. The highest BCUT2D eigenvalue weighted by Gasteiger charge is 2.18. The van der Waals surface area contributed by atoms with Crippen LogP contribution >= 0.6 is 0 Å². The maximum Gasteiger partial charge on any atom is 0.219 e. The van der Waals surface area contributed by atoms with Crippen LogP contribution in [-0.4, -0.2) is 23.9 Å². The van der Waals surface area contributed by atoms with Crippen molar-refractivity contribution < 1.29 is 4.79 Å². The first-order valence-electron chi connectivity index (χ1n) is 7.36. The lowest BCUT2D eigenvalue weighted by molar-refractivity contribution is -0.129. The zero-order chi connectivity index (χ0) is 14.6. The molecule has 1 heterocycles. The molecule has 0 N–H and O–H groups in total. The van der Waals surface area contributed by atoms with Gasteiger partial charge in [0.15, 0.2) is 0 Å². The molecule has 18 heavy (non-hydrogen) atoms. The van der Waals surface area contributed by atoms with Crippen LogP contribution in [0.1, 0.15) is 61.3 Å². The molecule has 2 nitrogen and oxygen atoms in total. The molecule has 2 heteroatoms. The second kappa shape index (κ2) is 12.5. The molecule has 0 atom stereocenters. The van der Waals surface area contributed by atoms with E-state index in [2.05, 4.69) is 25.7 Å². The van der Waals surface area contributed by atoms with E-state index in [0.717, 1.165) is 25.9 Å². The molecule has 0 radical (unpaired) electrons. The number of piperidine rings is 1. The van der Waals surface area contributed by atoms with Gasteiger partial charge in [-0.3, -0.25) is 4.79 Å². The number of carbonyl (C=O) groups excluding carboxylic acids is 1. The zero-order valence-corrected chi connectivity index (χ0v) is 13.3. The fraction of sp³-hybridized carbons (Fsp3) is 0.812. The Labute approximate surface area is 114 Å². The van der Waals surface area contributed by atoms with E-state index >= 15 is 0 Å². The van der Waals surface area contributed by atoms with Gasteiger partial charge in [-0.2, -0.15) is 0 Å². The molecule has 0 unspecified atom stereocenters. The van der Waals surface area contributed by atoms with Crippen molar-refractivity contribution in [1.82, 2.24) is 4.90 Å². The third kappa shape index (κ3) is 9.10. The molecule has 0 aliphatic carbocycles. The Hall–Kier alpha value is -0.970. The number of amides is 1. The van der Waals surface area contributed by atoms with Crippen molar-refractivity contribution in [3.8, 4) is 11.8 Å². The summed E-state index contributed by atoms with van der Waals surface area (Å²) in [6, 6.07) is 0. The van der Waals surface area contributed by atoms with Gasteiger partial charge in [-0.15, -0.1) is 5.92 Å². The van der Waals surface area contributed by atoms with Crippen molar-refractivity contribution in [2.24, 2.45) is 11.8 Å². The SMILES string of the molecule is CC.CC.CC(=O)N1CCC(C#CC(C)C)CC1. The summed E-state index contributed by atoms with van der Waals surface area (Å²) in [5.74, 6) is 7.66. The van der Waals surface area contributed by atoms with Crippen LogP contribution in [0.15, 0.2) is 0 Å². The fourth-order valence-corrected chi connectivity index (χ4v) is 1.62. The average Bonchev–Trinajstić information content (AvgIpc) is 2.41. The molecule has 1 fully saturated rings. The third-order valence-corrected chi connectivity index (χ3v) is 2.52. The van der Waals surface area contributed by atoms with Crippen molar-refractivity contribution in [2.75, 3.05) is 13.1 Å². The van der Waals surface area contributed by atoms with Crippen molar-refractivity contribution in [2.45, 2.75) is 61.3 Å². The van der Waals surface area contributed by atoms with Crippen LogP contribution in [0.5, 0.6) is 0 Å². The van der Waals surface area contributed by atoms with E-state index in [-0.39, 0.29) is 5.91 Å². The Morgan fingerprint density at radius 3 is 1.89 bits per heavy atom. The van der Waals surface area contributed by atoms with Crippen LogP contribution in [-0.2, 0) is 4.79 Å². The molecule has 0 aromatic rings. The van der Waals surface area contributed by atoms with Gasteiger partial charge < -0.3 is 4.90 Å². The molecule has 1 aliphatic heterocycles. The summed E-state index contributed by atoms with van der Waals surface area (Å²) in [4.78, 5) is 13.0. The van der Waals surface area contributed by atoms with E-state index in [1.165, 1.54) is 0 Å². The normalized spacial score (nSPS) is 14.6. The van der Waals surface area contributed by atoms with Crippen LogP contribution in [0.2, 0.25) is 0 Å². The lowest BCUT2D eigenvalue weighted by atomic mass is 9.97. The van der Waals surface area contributed by atoms with Crippen molar-refractivity contribution in [3.63, 3.8) is 0 Å². The maximum atomic E-state index is 11.1. The van der Waals surface area contributed by atoms with Crippen LogP contribution in [0.3, 0.4) is 0 Å². The molecule has 0 saturated carbocycles. The molecule has 0 spiro atoms. The molecule has 0 aromatic heterocycles. The van der Waals surface area contributed by atoms with Gasteiger partial charge in [0.25, 0.3) is 0 Å². The fourth-order valence-electron chi connectivity index (χ4n) is 1.62. The molecule has 1 aliphatic rings. The van der Waals surface area contributed by atoms with Crippen molar-refractivity contribution in [1.29, 1.82) is 0 Å². The number of hydrogen-bond acceptors (Lipinski definition) is 1. The van der Waals surface area contributed by atoms with Gasteiger partial charge >= 0.3 is 0 Å². The van der Waals surface area contributed by atoms with E-state index in [0.29, 0.717) is 11.8 Å². The highest BCUT2D eigenvalue weighted by molar-refractivity contribution is 5.73. The van der Waals surface area contributed by atoms with Crippen LogP contribution in [0, 0.1) is 23.7 Å². The monoisotopic (exact) mass is 253 g/mol. The van der Waals surface area contributed by atoms with Crippen LogP contribution in [0.4, 0.5) is 0 Å². The van der Waals surface area contributed by atoms with E-state index in [9.17, 15) is 4.79 Å². The summed E-state index contributed by atoms with van der Waals surface area (Å²) in [7, 11) is 0. The topological polar surface area (TPSA) is 20.3 Å². The first kappa shape index (κ1) is 19.4. The number of hydrogen-bond donors (Lipinski definition) is 0. The van der Waals surface area contributed by atoms with E-state index in [4.69, 9.17) is 0 Å². The standard InChI is InChI=1S/C12H19NO.2C2H6/c1-10(2)4-5-12-6-8-13(9-7-12)11(3)14;2*1-2/h10,12H,6-9H2,1-3H3;2*1-2H3. The van der Waals surface area contributed by atoms with E-state index in [1.54, 1.807) is 6.92 Å². The first-order valence-corrected chi connectivity index (χ1v) is 7.36. The minimum Gasteiger partial charge on any atom is -0.343 e. The molecule has 106 valence electrons. The van der Waals surface area contributed by atoms with E-state index in [1.807, 2.05) is 32.6 Å². The Balaban J connectivity index is 0. The number of nitrogens with zero attached hydrogens (tertiary/aromatic N) is 1. The maximum absolute atomic E-state index is 11.1. The van der Waals surface area contributed by atoms with Gasteiger partial charge in [-0.05, 0) is 12.8 Å². The molecular formula is C16H31NO. The highest BCUT2D eigenvalue weighted by Crippen LogP contribution is 2.16. The quantitative estimate of drug-likeness (QED) is 0.598. The van der Waals surface area contributed by atoms with Crippen LogP contribution in [0.25, 0.3) is 0 Å². The van der Waals surface area contributed by atoms with Gasteiger partial charge in [-0.1, -0.05) is 47.5 Å². The molecule has 1 amide bonds. The van der Waals surface area contributed by atoms with Gasteiger partial charge in [0.2, 0.25) is 5.91 Å². The van der Waals surface area contributed by atoms with Gasteiger partial charge in [-0.25, -0.2) is 0 Å². The summed E-state index contributed by atoms with van der Waals surface area (Å²) in [5, 5.41) is 0. The largest absolute Gasteiger partial charge is 0.343 e. The Bertz CT molecular complexity index is 252. The second-order valence-electron chi connectivity index (χ2n) is 4.22. The van der Waals surface area contributed by atoms with Crippen molar-refractivity contribution in [3.05, 3.63) is 0 Å². The molecule has 0 aromatic carbocycles. The lowest BCUT2D eigenvalue weighted by Gasteiger charge is -2.28. The highest BCUT2D eigenvalue weighted by atomic mass is 16.2. The lowest BCUT2D eigenvalue weighted by Crippen LogP contribution is -2.36. The number of carbonyl (C=O) groups is 1. The zero-order valence-electron chi connectivity index (χ0n) is 13.3. The Morgan fingerprint density at radius 2 is 1.56 bits per heavy atom. The Kier molecular flexibility index (Phi) is 13.4. The van der Waals surface area contributed by atoms with Crippen molar-refractivity contribution >= 4 is 5.91 Å². The summed E-state index contributed by atoms with van der Waals surface area (Å²) >= 11 is 0. The minimum atomic E-state index is 0.195. The number of likely N-dealkylation sites (tertiary alicyclic amines) is 1. The van der Waals surface area contributed by atoms with E-state index < -0.39 is 0 Å². The Morgan fingerprint density at radius 1 is 1.11 bits per heavy atom. The summed E-state index contributed by atoms with van der Waals surface area (Å²) in [5.41, 5.74) is 0. The summed E-state index contributed by atoms with van der Waals surface area (Å²) < 4.78 is 0. The van der Waals surface area contributed by atoms with Crippen LogP contribution < -0.4 is 0 Å². The molecular weight excluding hydrogens is 222 g/mol. The number of rotatable bonds is 0. The second-order valence-corrected chi connectivity index (χ2v) is 4.22. The molecule has 1 rings (SSSR count). The first-order chi connectivity index (χ1) is 8.59. The summed E-state index contributed by atoms with van der Waals surface area (Å²) in [6.07, 6.45) is 2.08. The van der Waals surface area contributed by atoms with Gasteiger partial charge in [0, 0.05) is 31.8 Å². The summed E-state index contributed by atoms with van der Waals surface area (Å²) in [6.45, 7) is 15.6. The molecule has 0 bridgehead atoms. The predicted octanol–water partition coefficient (Wildman–Crippen LogP) is 3.96. The minimum absolute atomic E-state index is 0.195.